The second kappa shape index (κ2) is 5.19. The van der Waals surface area contributed by atoms with E-state index in [9.17, 15) is 4.79 Å². The Morgan fingerprint density at radius 3 is 2.85 bits per heavy atom. The minimum absolute atomic E-state index is 0.0834. The van der Waals surface area contributed by atoms with Crippen molar-refractivity contribution in [2.45, 2.75) is 37.7 Å². The van der Waals surface area contributed by atoms with E-state index in [0.29, 0.717) is 19.8 Å². The zero-order chi connectivity index (χ0) is 14.2. The summed E-state index contributed by atoms with van der Waals surface area (Å²) in [4.78, 5) is 11.1. The van der Waals surface area contributed by atoms with Crippen LogP contribution in [0.2, 0.25) is 0 Å². The van der Waals surface area contributed by atoms with Crippen LogP contribution in [0, 0.1) is 0 Å². The SMILES string of the molecule is C[C@@H]1COC2(CCOCC2)c2cccc(CC(=O)O)c21. The number of hydrogen-bond acceptors (Lipinski definition) is 3. The van der Waals surface area contributed by atoms with Gasteiger partial charge in [-0.25, -0.2) is 0 Å². The number of hydrogen-bond donors (Lipinski definition) is 1. The summed E-state index contributed by atoms with van der Waals surface area (Å²) < 4.78 is 11.6. The lowest BCUT2D eigenvalue weighted by atomic mass is 9.76. The van der Waals surface area contributed by atoms with Crippen LogP contribution in [0.4, 0.5) is 0 Å². The van der Waals surface area contributed by atoms with Gasteiger partial charge in [0.1, 0.15) is 0 Å². The largest absolute Gasteiger partial charge is 0.481 e. The van der Waals surface area contributed by atoms with Crippen LogP contribution in [0.5, 0.6) is 0 Å². The van der Waals surface area contributed by atoms with E-state index in [1.165, 1.54) is 11.1 Å². The van der Waals surface area contributed by atoms with Crippen LogP contribution in [-0.4, -0.2) is 30.9 Å². The van der Waals surface area contributed by atoms with Crippen molar-refractivity contribution in [3.8, 4) is 0 Å². The number of carbonyl (C=O) groups is 1. The minimum Gasteiger partial charge on any atom is -0.481 e. The van der Waals surface area contributed by atoms with Gasteiger partial charge in [-0.15, -0.1) is 0 Å². The van der Waals surface area contributed by atoms with Crippen LogP contribution in [0.15, 0.2) is 18.2 Å². The van der Waals surface area contributed by atoms with E-state index >= 15 is 0 Å². The van der Waals surface area contributed by atoms with Gasteiger partial charge in [-0.05, 0) is 16.7 Å². The van der Waals surface area contributed by atoms with Crippen LogP contribution < -0.4 is 0 Å². The van der Waals surface area contributed by atoms with Gasteiger partial charge in [0.2, 0.25) is 0 Å². The van der Waals surface area contributed by atoms with Crippen LogP contribution in [0.25, 0.3) is 0 Å². The lowest BCUT2D eigenvalue weighted by Gasteiger charge is -2.44. The molecule has 4 nitrogen and oxygen atoms in total. The van der Waals surface area contributed by atoms with Crippen molar-refractivity contribution in [3.63, 3.8) is 0 Å². The Morgan fingerprint density at radius 2 is 2.15 bits per heavy atom. The molecule has 1 fully saturated rings. The Balaban J connectivity index is 2.08. The lowest BCUT2D eigenvalue weighted by molar-refractivity contribution is -0.136. The number of rotatable bonds is 2. The number of benzene rings is 1. The summed E-state index contributed by atoms with van der Waals surface area (Å²) >= 11 is 0. The van der Waals surface area contributed by atoms with Crippen LogP contribution in [0.3, 0.4) is 0 Å². The molecule has 1 aromatic rings. The van der Waals surface area contributed by atoms with Crippen molar-refractivity contribution in [2.24, 2.45) is 0 Å². The van der Waals surface area contributed by atoms with Gasteiger partial charge in [0.25, 0.3) is 0 Å². The number of ether oxygens (including phenoxy) is 2. The maximum absolute atomic E-state index is 11.1. The molecule has 3 rings (SSSR count). The molecule has 108 valence electrons. The molecule has 0 aliphatic carbocycles. The first kappa shape index (κ1) is 13.6. The first-order chi connectivity index (χ1) is 9.62. The summed E-state index contributed by atoms with van der Waals surface area (Å²) in [6, 6.07) is 5.99. The van der Waals surface area contributed by atoms with E-state index in [4.69, 9.17) is 14.6 Å². The van der Waals surface area contributed by atoms with E-state index in [1.807, 2.05) is 12.1 Å². The van der Waals surface area contributed by atoms with E-state index in [-0.39, 0.29) is 17.9 Å². The maximum Gasteiger partial charge on any atom is 0.307 e. The number of carboxylic acid groups (broad SMARTS) is 1. The van der Waals surface area contributed by atoms with E-state index in [1.54, 1.807) is 0 Å². The fourth-order valence-corrected chi connectivity index (χ4v) is 3.47. The highest BCUT2D eigenvalue weighted by molar-refractivity contribution is 5.71. The quantitative estimate of drug-likeness (QED) is 0.901. The number of aliphatic carboxylic acids is 1. The first-order valence-electron chi connectivity index (χ1n) is 7.18. The van der Waals surface area contributed by atoms with Crippen molar-refractivity contribution in [1.29, 1.82) is 0 Å². The molecular formula is C16H20O4. The Morgan fingerprint density at radius 1 is 1.40 bits per heavy atom. The predicted octanol–water partition coefficient (Wildman–Crippen LogP) is 2.45. The zero-order valence-corrected chi connectivity index (χ0v) is 11.7. The Bertz CT molecular complexity index is 517. The van der Waals surface area contributed by atoms with Crippen LogP contribution in [-0.2, 0) is 26.3 Å². The molecular weight excluding hydrogens is 256 g/mol. The molecule has 0 unspecified atom stereocenters. The average Bonchev–Trinajstić information content (AvgIpc) is 2.44. The molecule has 4 heteroatoms. The fourth-order valence-electron chi connectivity index (χ4n) is 3.47. The molecule has 1 saturated heterocycles. The van der Waals surface area contributed by atoms with Gasteiger partial charge in [-0.2, -0.15) is 0 Å². The Kier molecular flexibility index (Phi) is 3.52. The third-order valence-electron chi connectivity index (χ3n) is 4.43. The molecule has 0 radical (unpaired) electrons. The van der Waals surface area contributed by atoms with Crippen LogP contribution in [0.1, 0.15) is 42.4 Å². The van der Waals surface area contributed by atoms with Gasteiger partial charge >= 0.3 is 5.97 Å². The van der Waals surface area contributed by atoms with E-state index in [0.717, 1.165) is 18.4 Å². The number of carboxylic acids is 1. The fraction of sp³-hybridized carbons (Fsp3) is 0.562. The monoisotopic (exact) mass is 276 g/mol. The average molecular weight is 276 g/mol. The molecule has 20 heavy (non-hydrogen) atoms. The standard InChI is InChI=1S/C16H20O4/c1-11-10-20-16(5-7-19-8-6-16)13-4-2-3-12(15(11)13)9-14(17)18/h2-4,11H,5-10H2,1H3,(H,17,18)/t11-/m1/s1. The highest BCUT2D eigenvalue weighted by atomic mass is 16.5. The third-order valence-corrected chi connectivity index (χ3v) is 4.43. The van der Waals surface area contributed by atoms with Crippen molar-refractivity contribution in [3.05, 3.63) is 34.9 Å². The zero-order valence-electron chi connectivity index (χ0n) is 11.7. The van der Waals surface area contributed by atoms with E-state index < -0.39 is 5.97 Å². The maximum atomic E-state index is 11.1. The molecule has 1 aromatic carbocycles. The summed E-state index contributed by atoms with van der Waals surface area (Å²) in [5.74, 6) is -0.535. The molecule has 0 saturated carbocycles. The Hall–Kier alpha value is -1.39. The summed E-state index contributed by atoms with van der Waals surface area (Å²) in [5, 5.41) is 9.11. The normalized spacial score (nSPS) is 24.4. The summed E-state index contributed by atoms with van der Waals surface area (Å²) in [7, 11) is 0. The smallest absolute Gasteiger partial charge is 0.307 e. The van der Waals surface area contributed by atoms with Crippen LogP contribution >= 0.6 is 0 Å². The van der Waals surface area contributed by atoms with Gasteiger partial charge in [0, 0.05) is 32.0 Å². The number of fused-ring (bicyclic) bond motifs is 2. The second-order valence-electron chi connectivity index (χ2n) is 5.77. The van der Waals surface area contributed by atoms with Gasteiger partial charge in [-0.1, -0.05) is 25.1 Å². The van der Waals surface area contributed by atoms with Crippen molar-refractivity contribution >= 4 is 5.97 Å². The molecule has 2 aliphatic heterocycles. The second-order valence-corrected chi connectivity index (χ2v) is 5.77. The molecule has 1 atom stereocenters. The van der Waals surface area contributed by atoms with Gasteiger partial charge in [0.05, 0.1) is 18.6 Å². The first-order valence-corrected chi connectivity index (χ1v) is 7.18. The molecule has 2 aliphatic rings. The van der Waals surface area contributed by atoms with Crippen molar-refractivity contribution < 1.29 is 19.4 Å². The summed E-state index contributed by atoms with van der Waals surface area (Å²) in [6.07, 6.45) is 1.78. The summed E-state index contributed by atoms with van der Waals surface area (Å²) in [5.41, 5.74) is 3.02. The van der Waals surface area contributed by atoms with Gasteiger partial charge in [0.15, 0.2) is 0 Å². The predicted molar refractivity (Wildman–Crippen MR) is 73.9 cm³/mol. The summed E-state index contributed by atoms with van der Waals surface area (Å²) in [6.45, 7) is 4.17. The topological polar surface area (TPSA) is 55.8 Å². The molecule has 0 bridgehead atoms. The minimum atomic E-state index is -0.780. The van der Waals surface area contributed by atoms with Gasteiger partial charge < -0.3 is 14.6 Å². The van der Waals surface area contributed by atoms with Gasteiger partial charge in [-0.3, -0.25) is 4.79 Å². The van der Waals surface area contributed by atoms with Crippen molar-refractivity contribution in [2.75, 3.05) is 19.8 Å². The highest BCUT2D eigenvalue weighted by Gasteiger charge is 2.42. The molecule has 0 amide bonds. The molecule has 2 heterocycles. The molecule has 0 aromatic heterocycles. The highest BCUT2D eigenvalue weighted by Crippen LogP contribution is 2.45. The van der Waals surface area contributed by atoms with Crippen molar-refractivity contribution in [1.82, 2.24) is 0 Å². The lowest BCUT2D eigenvalue weighted by Crippen LogP contribution is -2.42. The molecule has 1 N–H and O–H groups in total. The molecule has 1 spiro atoms. The Labute approximate surface area is 118 Å². The third kappa shape index (κ3) is 2.23. The van der Waals surface area contributed by atoms with E-state index in [2.05, 4.69) is 13.0 Å².